The standard InChI is InChI=1S/C18H18N2O2S.C14H18N2OS.C13H14N2OS.C11H20N2OS.C10H13NO2.C9H10N2.C7H15NO2.C5H9NS.C5H8NS.C4H5NS.ClH/c1-22-15-9-7-14(8-10-15)12-20-17(21)16(19-18(20)23)11-13-5-3-2-4-6-13;1-14(2,3)16-12(17)11(15-13(16)18)9-10-7-5-4-6-8-10;1-2-8-15-12(16)11(14-13(15)17)9-10-6-4-3-5-7-10;1-6-7(2)8-9(14)13(10(15)12-8)11(3,4)5;1-13-10(12)9(11)7-8-5-3-2-4-6-8;10-7-9(11)6-8-4-2-1-3-5-8;1-4-5(2)6(8)7(9)10-3;2*1-5(2,3)6-4-7;1-2-3-5-4-6;/h2-10,16H,11-12H2,1H3,(H,19,23);4-8,11H,9H2,1-3H3,(H,15,18);2-7,11H,1,8-9H2,(H,14,17);7-8H,6H2,1-5H3,(H,12,15);2-6,9H,7,11H2,1H3;1-5,9H,6,11H2;5-6H,4,8H2,1-3H3;1-3H3;1H2,2-3H3;2H,1,3H2;1H/q;;;;;;;;+1;;. The van der Waals surface area contributed by atoms with Crippen LogP contribution in [0.25, 0.3) is 0 Å². The molecule has 128 heavy (non-hydrogen) atoms. The number of esters is 2. The highest BCUT2D eigenvalue weighted by atomic mass is 35.5. The molecule has 0 aliphatic carbocycles. The molecule has 6 aromatic rings. The fraction of sp³-hybridized carbons (Fsp3) is 0.427. The highest BCUT2D eigenvalue weighted by Gasteiger charge is 2.44. The van der Waals surface area contributed by atoms with Crippen molar-refractivity contribution in [2.24, 2.45) is 44.0 Å². The van der Waals surface area contributed by atoms with Crippen LogP contribution < -0.4 is 43.2 Å². The van der Waals surface area contributed by atoms with Gasteiger partial charge < -0.3 is 52.7 Å². The third-order valence-electron chi connectivity index (χ3n) is 18.4. The summed E-state index contributed by atoms with van der Waals surface area (Å²) in [4.78, 5) is 88.5. The molecule has 0 spiro atoms. The van der Waals surface area contributed by atoms with Gasteiger partial charge in [-0.3, -0.25) is 48.4 Å². The molecular formula is C96H131ClN15O9S7+. The molecule has 24 nitrogen and oxygen atoms in total. The Morgan fingerprint density at radius 2 is 0.898 bits per heavy atom. The molecule has 0 bridgehead atoms. The number of benzene rings is 6. The minimum Gasteiger partial charge on any atom is -0.497 e. The molecule has 32 heteroatoms. The number of nitrogens with zero attached hydrogens (tertiary/aromatic N) is 8. The molecule has 10 rings (SSSR count). The van der Waals surface area contributed by atoms with Crippen molar-refractivity contribution in [1.82, 2.24) is 40.9 Å². The first-order valence-electron chi connectivity index (χ1n) is 41.3. The predicted molar refractivity (Wildman–Crippen MR) is 547 cm³/mol. The fourth-order valence-corrected chi connectivity index (χ4v) is 13.6. The number of ether oxygens (including phenoxy) is 3. The number of rotatable bonds is 24. The van der Waals surface area contributed by atoms with Crippen LogP contribution in [0.3, 0.4) is 0 Å². The highest BCUT2D eigenvalue weighted by Crippen LogP contribution is 2.26. The van der Waals surface area contributed by atoms with E-state index in [0.717, 1.165) is 52.0 Å². The van der Waals surface area contributed by atoms with Crippen molar-refractivity contribution >= 4 is 169 Å². The quantitative estimate of drug-likeness (QED) is 0.00973. The van der Waals surface area contributed by atoms with E-state index < -0.39 is 12.1 Å². The molecule has 9 atom stereocenters. The Morgan fingerprint density at radius 3 is 1.21 bits per heavy atom. The van der Waals surface area contributed by atoms with Gasteiger partial charge in [0.05, 0.1) is 74.5 Å². The second-order valence-corrected chi connectivity index (χ2v) is 35.0. The lowest BCUT2D eigenvalue weighted by molar-refractivity contribution is -0.143. The molecule has 4 aliphatic rings. The van der Waals surface area contributed by atoms with E-state index in [2.05, 4.69) is 132 Å². The van der Waals surface area contributed by atoms with Crippen LogP contribution in [0.5, 0.6) is 5.75 Å². The molecule has 4 fully saturated rings. The molecule has 692 valence electrons. The zero-order valence-corrected chi connectivity index (χ0v) is 83.6. The maximum absolute atomic E-state index is 12.6. The number of aliphatic imine (C=N–C) groups is 3. The van der Waals surface area contributed by atoms with Crippen LogP contribution in [0.2, 0.25) is 0 Å². The van der Waals surface area contributed by atoms with E-state index in [1.54, 1.807) is 38.9 Å². The van der Waals surface area contributed by atoms with Gasteiger partial charge in [-0.2, -0.15) is 10.3 Å². The number of carbonyl (C=O) groups is 6. The van der Waals surface area contributed by atoms with Crippen LogP contribution in [0, 0.1) is 30.1 Å². The van der Waals surface area contributed by atoms with Crippen LogP contribution in [-0.4, -0.2) is 190 Å². The molecule has 4 saturated heterocycles. The zero-order valence-electron chi connectivity index (χ0n) is 77.0. The summed E-state index contributed by atoms with van der Waals surface area (Å²) in [7, 11) is 4.32. The number of nitrogens with one attached hydrogen (secondary N) is 4. The number of thiocarbonyl (C=S) groups is 7. The smallest absolute Gasteiger partial charge is 0.322 e. The number of halogens is 1. The largest absolute Gasteiger partial charge is 0.497 e. The van der Waals surface area contributed by atoms with Crippen molar-refractivity contribution in [3.63, 3.8) is 0 Å². The van der Waals surface area contributed by atoms with Gasteiger partial charge in [0.15, 0.2) is 26.0 Å². The number of methoxy groups -OCH3 is 3. The van der Waals surface area contributed by atoms with Gasteiger partial charge in [-0.25, -0.2) is 9.98 Å². The van der Waals surface area contributed by atoms with Crippen LogP contribution in [0.4, 0.5) is 0 Å². The topological polar surface area (TPSA) is 330 Å². The van der Waals surface area contributed by atoms with E-state index in [1.807, 2.05) is 272 Å². The van der Waals surface area contributed by atoms with E-state index in [4.69, 9.17) is 76.1 Å². The first-order valence-corrected chi connectivity index (χ1v) is 44.1. The maximum Gasteiger partial charge on any atom is 0.322 e. The molecular weight excluding hydrogens is 1770 g/mol. The number of nitriles is 1. The van der Waals surface area contributed by atoms with Crippen molar-refractivity contribution in [1.29, 1.82) is 5.26 Å². The summed E-state index contributed by atoms with van der Waals surface area (Å²) in [6.07, 6.45) is 8.35. The van der Waals surface area contributed by atoms with Crippen molar-refractivity contribution < 1.29 is 43.0 Å². The fourth-order valence-electron chi connectivity index (χ4n) is 11.4. The van der Waals surface area contributed by atoms with E-state index in [9.17, 15) is 28.8 Å². The van der Waals surface area contributed by atoms with Crippen LogP contribution in [0.15, 0.2) is 216 Å². The van der Waals surface area contributed by atoms with Gasteiger partial charge in [0.1, 0.15) is 42.0 Å². The van der Waals surface area contributed by atoms with Crippen molar-refractivity contribution in [2.75, 3.05) is 34.4 Å². The summed E-state index contributed by atoms with van der Waals surface area (Å²) in [6, 6.07) is 56.6. The number of hydrogen-bond acceptors (Lipinski definition) is 23. The Bertz CT molecular complexity index is 4600. The SMILES string of the molecule is C=CCN1C(=O)C(Cc2ccccc2)NC1=S.C=CCN=C=S.CC(C)(C)N1C(=O)C(Cc2ccccc2)NC1=S.CC(C)(C)N=C=S.CCC(C)C(N)C(=O)OC.CCC(C)C1NC(=S)N(C(C)(C)C)C1=O.COC(=O)C(N)Cc1ccccc1.COc1ccc(CN2C(=O)C(Cc3ccccc3)NC2=S)cc1.Cl.N#CC(N)Cc1ccccc1.[CH2+]C(C)(C)N=C=S. The minimum atomic E-state index is -0.563. The first kappa shape index (κ1) is 118. The number of isothiocyanates is 3. The van der Waals surface area contributed by atoms with Crippen LogP contribution >= 0.6 is 97.9 Å². The second-order valence-electron chi connectivity index (χ2n) is 32.9. The summed E-state index contributed by atoms with van der Waals surface area (Å²) in [6.45, 7) is 41.9. The molecule has 0 saturated carbocycles. The first-order chi connectivity index (χ1) is 59.8. The molecule has 0 radical (unpaired) electrons. The van der Waals surface area contributed by atoms with E-state index in [-0.39, 0.29) is 106 Å². The van der Waals surface area contributed by atoms with Crippen LogP contribution in [-0.2, 0) is 76.9 Å². The molecule has 10 N–H and O–H groups in total. The van der Waals surface area contributed by atoms with Gasteiger partial charge in [0, 0.05) is 57.2 Å². The van der Waals surface area contributed by atoms with E-state index in [1.165, 1.54) is 14.2 Å². The highest BCUT2D eigenvalue weighted by molar-refractivity contribution is 7.81. The van der Waals surface area contributed by atoms with Gasteiger partial charge in [-0.15, -0.1) is 25.6 Å². The van der Waals surface area contributed by atoms with E-state index in [0.29, 0.717) is 78.1 Å². The average Bonchev–Trinajstić information content (AvgIpc) is 1.65. The van der Waals surface area contributed by atoms with Crippen molar-refractivity contribution in [3.05, 3.63) is 242 Å². The Hall–Kier alpha value is -10.1. The monoisotopic (exact) mass is 1900 g/mol. The van der Waals surface area contributed by atoms with Crippen LogP contribution in [0.1, 0.15) is 150 Å². The maximum atomic E-state index is 12.6. The van der Waals surface area contributed by atoms with Crippen molar-refractivity contribution in [2.45, 2.75) is 220 Å². The summed E-state index contributed by atoms with van der Waals surface area (Å²) in [5.74, 6) is 0.851. The normalized spacial score (nSPS) is 16.2. The third-order valence-corrected chi connectivity index (χ3v) is 20.0. The minimum absolute atomic E-state index is 0. The Balaban J connectivity index is 0.00000143. The molecule has 4 heterocycles. The van der Waals surface area contributed by atoms with Gasteiger partial charge in [0.25, 0.3) is 23.6 Å². The van der Waals surface area contributed by atoms with Crippen molar-refractivity contribution in [3.8, 4) is 11.8 Å². The zero-order chi connectivity index (χ0) is 96.2. The summed E-state index contributed by atoms with van der Waals surface area (Å²) >= 11 is 33.9. The lowest BCUT2D eigenvalue weighted by Gasteiger charge is -2.30. The Morgan fingerprint density at radius 1 is 0.516 bits per heavy atom. The average molecular weight is 1900 g/mol. The number of amides is 4. The van der Waals surface area contributed by atoms with Gasteiger partial charge >= 0.3 is 11.9 Å². The number of hydrogen-bond donors (Lipinski definition) is 7. The molecule has 4 amide bonds. The third kappa shape index (κ3) is 46.3. The molecule has 6 aromatic carbocycles. The van der Waals surface area contributed by atoms with Gasteiger partial charge in [-0.1, -0.05) is 216 Å². The molecule has 4 aliphatic heterocycles. The van der Waals surface area contributed by atoms with E-state index >= 15 is 0 Å². The summed E-state index contributed by atoms with van der Waals surface area (Å²) in [5, 5.41) is 29.7. The Kier molecular flexibility index (Phi) is 57.3. The predicted octanol–water partition coefficient (Wildman–Crippen LogP) is 15.7. The van der Waals surface area contributed by atoms with Gasteiger partial charge in [-0.05, 0) is 212 Å². The summed E-state index contributed by atoms with van der Waals surface area (Å²) in [5.41, 5.74) is 22.3. The number of carbonyl (C=O) groups excluding carboxylic acids is 6. The second kappa shape index (κ2) is 62.2. The van der Waals surface area contributed by atoms with Gasteiger partial charge in [0.2, 0.25) is 0 Å². The lowest BCUT2D eigenvalue weighted by Crippen LogP contribution is -2.46. The molecule has 9 unspecified atom stereocenters. The number of nitrogens with two attached hydrogens (primary N) is 3. The summed E-state index contributed by atoms with van der Waals surface area (Å²) < 4.78 is 14.1. The lowest BCUT2D eigenvalue weighted by atomic mass is 9.98. The Labute approximate surface area is 804 Å². The molecule has 0 aromatic heterocycles.